The third kappa shape index (κ3) is 2.25. The van der Waals surface area contributed by atoms with Crippen LogP contribution >= 0.6 is 0 Å². The number of pyridine rings is 1. The topological polar surface area (TPSA) is 77.2 Å². The highest BCUT2D eigenvalue weighted by Crippen LogP contribution is 2.45. The lowest BCUT2D eigenvalue weighted by Crippen LogP contribution is -2.27. The van der Waals surface area contributed by atoms with Crippen LogP contribution in [0.1, 0.15) is 36.0 Å². The number of carbonyl (C=O) groups is 1. The Kier molecular flexibility index (Phi) is 3.05. The van der Waals surface area contributed by atoms with Crippen molar-refractivity contribution in [3.05, 3.63) is 17.8 Å². The standard InChI is InChI=1S/C14H19N3O2/c1-19-14(18)11-6-10(15)7-16-13(11)17-12-5-8-2-3-9(12)4-8/h6-9,12H,2-5,15H2,1H3,(H,16,17). The Labute approximate surface area is 112 Å². The van der Waals surface area contributed by atoms with E-state index in [1.165, 1.54) is 32.8 Å². The molecule has 3 rings (SSSR count). The van der Waals surface area contributed by atoms with Crippen molar-refractivity contribution in [2.24, 2.45) is 11.8 Å². The van der Waals surface area contributed by atoms with Gasteiger partial charge in [-0.05, 0) is 37.2 Å². The number of anilines is 2. The Morgan fingerprint density at radius 3 is 2.95 bits per heavy atom. The molecular formula is C14H19N3O2. The smallest absolute Gasteiger partial charge is 0.341 e. The van der Waals surface area contributed by atoms with Crippen LogP contribution in [0.4, 0.5) is 11.5 Å². The van der Waals surface area contributed by atoms with Gasteiger partial charge in [-0.3, -0.25) is 0 Å². The van der Waals surface area contributed by atoms with Crippen molar-refractivity contribution in [2.45, 2.75) is 31.7 Å². The number of carbonyl (C=O) groups excluding carboxylic acids is 1. The van der Waals surface area contributed by atoms with Gasteiger partial charge in [-0.1, -0.05) is 6.42 Å². The van der Waals surface area contributed by atoms with Crippen molar-refractivity contribution in [1.29, 1.82) is 0 Å². The summed E-state index contributed by atoms with van der Waals surface area (Å²) < 4.78 is 4.78. The first-order valence-corrected chi connectivity index (χ1v) is 6.77. The number of nitrogens with two attached hydrogens (primary N) is 1. The number of rotatable bonds is 3. The molecule has 0 amide bonds. The number of hydrogen-bond donors (Lipinski definition) is 2. The highest BCUT2D eigenvalue weighted by Gasteiger charge is 2.39. The van der Waals surface area contributed by atoms with Crippen LogP contribution in [0, 0.1) is 11.8 Å². The average Bonchev–Trinajstić information content (AvgIpc) is 3.02. The molecule has 0 aromatic carbocycles. The van der Waals surface area contributed by atoms with E-state index in [0.717, 1.165) is 11.8 Å². The van der Waals surface area contributed by atoms with E-state index in [1.807, 2.05) is 0 Å². The predicted molar refractivity (Wildman–Crippen MR) is 72.8 cm³/mol. The normalized spacial score (nSPS) is 28.4. The third-order valence-electron chi connectivity index (χ3n) is 4.37. The van der Waals surface area contributed by atoms with Gasteiger partial charge in [-0.25, -0.2) is 9.78 Å². The Morgan fingerprint density at radius 2 is 2.32 bits per heavy atom. The molecule has 0 aliphatic heterocycles. The number of methoxy groups -OCH3 is 1. The van der Waals surface area contributed by atoms with E-state index in [0.29, 0.717) is 23.1 Å². The zero-order valence-electron chi connectivity index (χ0n) is 11.1. The fraction of sp³-hybridized carbons (Fsp3) is 0.571. The van der Waals surface area contributed by atoms with E-state index in [4.69, 9.17) is 10.5 Å². The summed E-state index contributed by atoms with van der Waals surface area (Å²) in [4.78, 5) is 16.0. The van der Waals surface area contributed by atoms with Crippen LogP contribution in [-0.4, -0.2) is 24.1 Å². The van der Waals surface area contributed by atoms with Crippen molar-refractivity contribution >= 4 is 17.5 Å². The maximum Gasteiger partial charge on any atom is 0.341 e. The minimum absolute atomic E-state index is 0.398. The number of aromatic nitrogens is 1. The Morgan fingerprint density at radius 1 is 1.47 bits per heavy atom. The largest absolute Gasteiger partial charge is 0.465 e. The first kappa shape index (κ1) is 12.3. The number of nitrogens with zero attached hydrogens (tertiary/aromatic N) is 1. The van der Waals surface area contributed by atoms with Crippen LogP contribution in [0.2, 0.25) is 0 Å². The van der Waals surface area contributed by atoms with Crippen molar-refractivity contribution in [3.8, 4) is 0 Å². The summed E-state index contributed by atoms with van der Waals surface area (Å²) in [5, 5.41) is 3.42. The van der Waals surface area contributed by atoms with Crippen LogP contribution in [0.5, 0.6) is 0 Å². The molecule has 1 aromatic rings. The van der Waals surface area contributed by atoms with Crippen LogP contribution in [0.15, 0.2) is 12.3 Å². The molecule has 2 aliphatic rings. The summed E-state index contributed by atoms with van der Waals surface area (Å²) in [7, 11) is 1.37. The second-order valence-corrected chi connectivity index (χ2v) is 5.58. The van der Waals surface area contributed by atoms with Gasteiger partial charge in [0.1, 0.15) is 11.4 Å². The van der Waals surface area contributed by atoms with E-state index in [-0.39, 0.29) is 0 Å². The van der Waals surface area contributed by atoms with E-state index < -0.39 is 5.97 Å². The molecule has 0 radical (unpaired) electrons. The lowest BCUT2D eigenvalue weighted by molar-refractivity contribution is 0.0601. The van der Waals surface area contributed by atoms with Crippen LogP contribution in [0.3, 0.4) is 0 Å². The van der Waals surface area contributed by atoms with E-state index >= 15 is 0 Å². The van der Waals surface area contributed by atoms with Crippen molar-refractivity contribution < 1.29 is 9.53 Å². The molecule has 2 bridgehead atoms. The molecule has 2 saturated carbocycles. The van der Waals surface area contributed by atoms with Gasteiger partial charge in [0.25, 0.3) is 0 Å². The molecule has 1 heterocycles. The molecule has 2 fully saturated rings. The van der Waals surface area contributed by atoms with Gasteiger partial charge >= 0.3 is 5.97 Å². The third-order valence-corrected chi connectivity index (χ3v) is 4.37. The molecule has 1 aromatic heterocycles. The molecular weight excluding hydrogens is 242 g/mol. The van der Waals surface area contributed by atoms with E-state index in [9.17, 15) is 4.79 Å². The summed E-state index contributed by atoms with van der Waals surface area (Å²) >= 11 is 0. The Bertz CT molecular complexity index is 503. The molecule has 5 heteroatoms. The molecule has 3 unspecified atom stereocenters. The molecule has 3 N–H and O–H groups in total. The summed E-state index contributed by atoms with van der Waals surface area (Å²) in [6.07, 6.45) is 6.69. The maximum absolute atomic E-state index is 11.8. The highest BCUT2D eigenvalue weighted by molar-refractivity contribution is 5.95. The summed E-state index contributed by atoms with van der Waals surface area (Å²) in [5.74, 6) is 1.76. The second-order valence-electron chi connectivity index (χ2n) is 5.58. The molecule has 0 saturated heterocycles. The van der Waals surface area contributed by atoms with E-state index in [2.05, 4.69) is 10.3 Å². The van der Waals surface area contributed by atoms with Crippen molar-refractivity contribution in [2.75, 3.05) is 18.2 Å². The monoisotopic (exact) mass is 261 g/mol. The lowest BCUT2D eigenvalue weighted by atomic mass is 9.95. The lowest BCUT2D eigenvalue weighted by Gasteiger charge is -2.24. The fourth-order valence-corrected chi connectivity index (χ4v) is 3.46. The quantitative estimate of drug-likeness (QED) is 0.814. The summed E-state index contributed by atoms with van der Waals surface area (Å²) in [5.41, 5.74) is 6.58. The molecule has 2 aliphatic carbocycles. The summed E-state index contributed by atoms with van der Waals surface area (Å²) in [6.45, 7) is 0. The molecule has 19 heavy (non-hydrogen) atoms. The van der Waals surface area contributed by atoms with Gasteiger partial charge < -0.3 is 15.8 Å². The van der Waals surface area contributed by atoms with Gasteiger partial charge in [0.05, 0.1) is 19.0 Å². The molecule has 0 spiro atoms. The minimum Gasteiger partial charge on any atom is -0.465 e. The first-order chi connectivity index (χ1) is 9.17. The average molecular weight is 261 g/mol. The van der Waals surface area contributed by atoms with E-state index in [1.54, 1.807) is 12.3 Å². The van der Waals surface area contributed by atoms with Gasteiger partial charge in [0, 0.05) is 6.04 Å². The number of fused-ring (bicyclic) bond motifs is 2. The molecule has 102 valence electrons. The Hall–Kier alpha value is -1.78. The highest BCUT2D eigenvalue weighted by atomic mass is 16.5. The number of hydrogen-bond acceptors (Lipinski definition) is 5. The van der Waals surface area contributed by atoms with Gasteiger partial charge in [0.2, 0.25) is 0 Å². The molecule has 5 nitrogen and oxygen atoms in total. The number of ether oxygens (including phenoxy) is 1. The SMILES string of the molecule is COC(=O)c1cc(N)cnc1NC1CC2CCC1C2. The second kappa shape index (κ2) is 4.72. The van der Waals surface area contributed by atoms with Crippen LogP contribution in [0.25, 0.3) is 0 Å². The zero-order valence-corrected chi connectivity index (χ0v) is 11.1. The maximum atomic E-state index is 11.8. The van der Waals surface area contributed by atoms with Gasteiger partial charge in [-0.15, -0.1) is 0 Å². The number of esters is 1. The predicted octanol–water partition coefficient (Wildman–Crippen LogP) is 2.05. The van der Waals surface area contributed by atoms with Crippen LogP contribution < -0.4 is 11.1 Å². The van der Waals surface area contributed by atoms with Crippen LogP contribution in [-0.2, 0) is 4.74 Å². The van der Waals surface area contributed by atoms with Crippen molar-refractivity contribution in [3.63, 3.8) is 0 Å². The first-order valence-electron chi connectivity index (χ1n) is 6.77. The van der Waals surface area contributed by atoms with Gasteiger partial charge in [-0.2, -0.15) is 0 Å². The zero-order chi connectivity index (χ0) is 13.4. The fourth-order valence-electron chi connectivity index (χ4n) is 3.46. The van der Waals surface area contributed by atoms with Crippen molar-refractivity contribution in [1.82, 2.24) is 4.98 Å². The number of nitrogens with one attached hydrogen (secondary N) is 1. The summed E-state index contributed by atoms with van der Waals surface area (Å²) in [6, 6.07) is 2.05. The van der Waals surface area contributed by atoms with Gasteiger partial charge in [0.15, 0.2) is 0 Å². The molecule has 3 atom stereocenters. The number of nitrogen functional groups attached to an aromatic ring is 1. The minimum atomic E-state index is -0.398. The Balaban J connectivity index is 1.82.